The average Bonchev–Trinajstić information content (AvgIpc) is 2.45. The lowest BCUT2D eigenvalue weighted by Crippen LogP contribution is -2.16. The molecule has 0 aliphatic carbocycles. The SMILES string of the molecule is CC(=O)O.c1ccc(CCNCc2ccccc2)cc1. The van der Waals surface area contributed by atoms with E-state index in [9.17, 15) is 0 Å². The van der Waals surface area contributed by atoms with Crippen LogP contribution in [-0.2, 0) is 17.8 Å². The summed E-state index contributed by atoms with van der Waals surface area (Å²) in [5.41, 5.74) is 2.73. The minimum absolute atomic E-state index is 0.833. The van der Waals surface area contributed by atoms with Gasteiger partial charge in [0.25, 0.3) is 5.97 Å². The number of hydrogen-bond acceptors (Lipinski definition) is 2. The molecule has 0 saturated heterocycles. The van der Waals surface area contributed by atoms with Gasteiger partial charge in [0.2, 0.25) is 0 Å². The van der Waals surface area contributed by atoms with Crippen LogP contribution >= 0.6 is 0 Å². The predicted molar refractivity (Wildman–Crippen MR) is 81.6 cm³/mol. The Bertz CT molecular complexity index is 437. The maximum atomic E-state index is 9.00. The fourth-order valence-corrected chi connectivity index (χ4v) is 1.71. The normalized spacial score (nSPS) is 9.45. The average molecular weight is 271 g/mol. The molecule has 20 heavy (non-hydrogen) atoms. The van der Waals surface area contributed by atoms with E-state index in [2.05, 4.69) is 59.9 Å². The van der Waals surface area contributed by atoms with Crippen molar-refractivity contribution in [2.24, 2.45) is 0 Å². The molecular formula is C17H21NO2. The molecule has 0 fully saturated rings. The lowest BCUT2D eigenvalue weighted by molar-refractivity contribution is -0.134. The highest BCUT2D eigenvalue weighted by molar-refractivity contribution is 5.62. The van der Waals surface area contributed by atoms with Crippen molar-refractivity contribution in [1.82, 2.24) is 5.32 Å². The zero-order valence-corrected chi connectivity index (χ0v) is 11.8. The van der Waals surface area contributed by atoms with Crippen molar-refractivity contribution in [3.05, 3.63) is 71.8 Å². The van der Waals surface area contributed by atoms with Gasteiger partial charge in [0, 0.05) is 13.5 Å². The summed E-state index contributed by atoms with van der Waals surface area (Å²) in [7, 11) is 0. The van der Waals surface area contributed by atoms with Gasteiger partial charge in [-0.25, -0.2) is 0 Å². The monoisotopic (exact) mass is 271 g/mol. The molecule has 106 valence electrons. The Kier molecular flexibility index (Phi) is 7.77. The van der Waals surface area contributed by atoms with Crippen LogP contribution in [0.2, 0.25) is 0 Å². The minimum atomic E-state index is -0.833. The number of carbonyl (C=O) groups is 1. The van der Waals surface area contributed by atoms with Crippen molar-refractivity contribution in [3.8, 4) is 0 Å². The van der Waals surface area contributed by atoms with Gasteiger partial charge in [0.15, 0.2) is 0 Å². The van der Waals surface area contributed by atoms with Gasteiger partial charge in [-0.05, 0) is 24.1 Å². The van der Waals surface area contributed by atoms with Crippen LogP contribution in [0, 0.1) is 0 Å². The molecule has 2 N–H and O–H groups in total. The number of nitrogens with one attached hydrogen (secondary N) is 1. The molecule has 2 aromatic rings. The molecule has 0 heterocycles. The smallest absolute Gasteiger partial charge is 0.300 e. The lowest BCUT2D eigenvalue weighted by Gasteiger charge is -2.04. The van der Waals surface area contributed by atoms with Crippen molar-refractivity contribution < 1.29 is 9.90 Å². The van der Waals surface area contributed by atoms with Crippen molar-refractivity contribution in [3.63, 3.8) is 0 Å². The highest BCUT2D eigenvalue weighted by atomic mass is 16.4. The number of carboxylic acids is 1. The van der Waals surface area contributed by atoms with Gasteiger partial charge in [-0.15, -0.1) is 0 Å². The number of carboxylic acid groups (broad SMARTS) is 1. The first kappa shape index (κ1) is 15.9. The molecular weight excluding hydrogens is 250 g/mol. The molecule has 2 rings (SSSR count). The Balaban J connectivity index is 0.000000444. The van der Waals surface area contributed by atoms with Crippen LogP contribution < -0.4 is 5.32 Å². The van der Waals surface area contributed by atoms with Crippen LogP contribution in [0.25, 0.3) is 0 Å². The molecule has 0 unspecified atom stereocenters. The number of hydrogen-bond donors (Lipinski definition) is 2. The number of rotatable bonds is 5. The van der Waals surface area contributed by atoms with Crippen LogP contribution in [-0.4, -0.2) is 17.6 Å². The molecule has 0 aliphatic heterocycles. The van der Waals surface area contributed by atoms with E-state index >= 15 is 0 Å². The van der Waals surface area contributed by atoms with Crippen LogP contribution in [0.3, 0.4) is 0 Å². The zero-order chi connectivity index (χ0) is 14.6. The molecule has 0 aromatic heterocycles. The van der Waals surface area contributed by atoms with Crippen molar-refractivity contribution >= 4 is 5.97 Å². The van der Waals surface area contributed by atoms with Crippen molar-refractivity contribution in [1.29, 1.82) is 0 Å². The van der Waals surface area contributed by atoms with Gasteiger partial charge in [-0.2, -0.15) is 0 Å². The fourth-order valence-electron chi connectivity index (χ4n) is 1.71. The third-order valence-corrected chi connectivity index (χ3v) is 2.61. The summed E-state index contributed by atoms with van der Waals surface area (Å²) in [6.07, 6.45) is 1.09. The summed E-state index contributed by atoms with van der Waals surface area (Å²) < 4.78 is 0. The van der Waals surface area contributed by atoms with Crippen LogP contribution in [0.4, 0.5) is 0 Å². The first-order chi connectivity index (χ1) is 9.68. The minimum Gasteiger partial charge on any atom is -0.481 e. The third-order valence-electron chi connectivity index (χ3n) is 2.61. The number of benzene rings is 2. The Morgan fingerprint density at radius 3 is 1.90 bits per heavy atom. The quantitative estimate of drug-likeness (QED) is 0.821. The first-order valence-electron chi connectivity index (χ1n) is 6.66. The summed E-state index contributed by atoms with van der Waals surface area (Å²) in [6.45, 7) is 3.06. The van der Waals surface area contributed by atoms with E-state index in [1.807, 2.05) is 6.07 Å². The molecule has 2 aromatic carbocycles. The second-order valence-electron chi connectivity index (χ2n) is 4.42. The largest absolute Gasteiger partial charge is 0.481 e. The van der Waals surface area contributed by atoms with E-state index in [0.717, 1.165) is 26.4 Å². The Morgan fingerprint density at radius 1 is 0.950 bits per heavy atom. The van der Waals surface area contributed by atoms with E-state index in [0.29, 0.717) is 0 Å². The Morgan fingerprint density at radius 2 is 1.40 bits per heavy atom. The van der Waals surface area contributed by atoms with Gasteiger partial charge in [-0.3, -0.25) is 4.79 Å². The zero-order valence-electron chi connectivity index (χ0n) is 11.8. The molecule has 0 spiro atoms. The molecule has 0 saturated carbocycles. The van der Waals surface area contributed by atoms with Crippen LogP contribution in [0.5, 0.6) is 0 Å². The fraction of sp³-hybridized carbons (Fsp3) is 0.235. The summed E-state index contributed by atoms with van der Waals surface area (Å²) in [4.78, 5) is 9.00. The molecule has 3 heteroatoms. The molecule has 3 nitrogen and oxygen atoms in total. The maximum Gasteiger partial charge on any atom is 0.300 e. The molecule has 0 amide bonds. The standard InChI is InChI=1S/C15H17N.C2H4O2/c1-3-7-14(8-4-1)11-12-16-13-15-9-5-2-6-10-15;1-2(3)4/h1-10,16H,11-13H2;1H3,(H,3,4). The predicted octanol–water partition coefficient (Wildman–Crippen LogP) is 3.11. The van der Waals surface area contributed by atoms with E-state index in [1.54, 1.807) is 0 Å². The van der Waals surface area contributed by atoms with Gasteiger partial charge >= 0.3 is 0 Å². The maximum absolute atomic E-state index is 9.00. The summed E-state index contributed by atoms with van der Waals surface area (Å²) >= 11 is 0. The van der Waals surface area contributed by atoms with Gasteiger partial charge in [0.1, 0.15) is 0 Å². The first-order valence-corrected chi connectivity index (χ1v) is 6.66. The third kappa shape index (κ3) is 8.06. The molecule has 0 bridgehead atoms. The van der Waals surface area contributed by atoms with Crippen molar-refractivity contribution in [2.45, 2.75) is 19.9 Å². The molecule has 0 radical (unpaired) electrons. The second-order valence-corrected chi connectivity index (χ2v) is 4.42. The van der Waals surface area contributed by atoms with Gasteiger partial charge in [0.05, 0.1) is 0 Å². The van der Waals surface area contributed by atoms with Crippen LogP contribution in [0.15, 0.2) is 60.7 Å². The van der Waals surface area contributed by atoms with E-state index in [1.165, 1.54) is 11.1 Å². The molecule has 0 aliphatic rings. The van der Waals surface area contributed by atoms with E-state index in [-0.39, 0.29) is 0 Å². The Hall–Kier alpha value is -2.13. The summed E-state index contributed by atoms with van der Waals surface area (Å²) in [5, 5.41) is 10.9. The van der Waals surface area contributed by atoms with Gasteiger partial charge < -0.3 is 10.4 Å². The van der Waals surface area contributed by atoms with Crippen LogP contribution in [0.1, 0.15) is 18.1 Å². The van der Waals surface area contributed by atoms with E-state index < -0.39 is 5.97 Å². The highest BCUT2D eigenvalue weighted by Gasteiger charge is 1.92. The van der Waals surface area contributed by atoms with Gasteiger partial charge in [-0.1, -0.05) is 60.7 Å². The topological polar surface area (TPSA) is 49.3 Å². The lowest BCUT2D eigenvalue weighted by atomic mass is 10.1. The number of aliphatic carboxylic acids is 1. The second kappa shape index (κ2) is 9.75. The van der Waals surface area contributed by atoms with Crippen molar-refractivity contribution in [2.75, 3.05) is 6.54 Å². The molecule has 0 atom stereocenters. The summed E-state index contributed by atoms with van der Waals surface area (Å²) in [6, 6.07) is 21.1. The Labute approximate surface area is 120 Å². The highest BCUT2D eigenvalue weighted by Crippen LogP contribution is 2.00. The van der Waals surface area contributed by atoms with E-state index in [4.69, 9.17) is 9.90 Å². The summed E-state index contributed by atoms with van der Waals surface area (Å²) in [5.74, 6) is -0.833.